The molecule has 1 saturated carbocycles. The lowest BCUT2D eigenvalue weighted by Gasteiger charge is -2.47. The van der Waals surface area contributed by atoms with Gasteiger partial charge in [-0.1, -0.05) is 19.2 Å². The van der Waals surface area contributed by atoms with Crippen molar-refractivity contribution in [2.75, 3.05) is 0 Å². The molecule has 0 radical (unpaired) electrons. The molecule has 14 heavy (non-hydrogen) atoms. The minimum Gasteiger partial charge on any atom is -0.487 e. The van der Waals surface area contributed by atoms with Gasteiger partial charge in [-0.2, -0.15) is 0 Å². The van der Waals surface area contributed by atoms with Crippen LogP contribution in [0.15, 0.2) is 36.6 Å². The predicted molar refractivity (Wildman–Crippen MR) is 55.7 cm³/mol. The highest BCUT2D eigenvalue weighted by atomic mass is 16.5. The normalized spacial score (nSPS) is 32.5. The van der Waals surface area contributed by atoms with Crippen molar-refractivity contribution in [3.8, 4) is 0 Å². The van der Waals surface area contributed by atoms with Gasteiger partial charge in [-0.15, -0.1) is 0 Å². The van der Waals surface area contributed by atoms with E-state index in [4.69, 9.17) is 4.74 Å². The van der Waals surface area contributed by atoms with Crippen molar-refractivity contribution >= 4 is 0 Å². The van der Waals surface area contributed by atoms with Crippen LogP contribution in [-0.4, -0.2) is 16.8 Å². The minimum absolute atomic E-state index is 0.102. The summed E-state index contributed by atoms with van der Waals surface area (Å²) in [5.74, 6) is 0.707. The predicted octanol–water partition coefficient (Wildman–Crippen LogP) is 2.32. The van der Waals surface area contributed by atoms with E-state index in [1.54, 1.807) is 12.2 Å². The summed E-state index contributed by atoms with van der Waals surface area (Å²) in [6.45, 7) is 7.45. The third kappa shape index (κ3) is 1.40. The Labute approximate surface area is 84.6 Å². The van der Waals surface area contributed by atoms with E-state index >= 15 is 0 Å². The zero-order valence-electron chi connectivity index (χ0n) is 8.33. The fraction of sp³-hybridized carbons (Fsp3) is 0.500. The average molecular weight is 192 g/mol. The fourth-order valence-electron chi connectivity index (χ4n) is 2.11. The zero-order chi connectivity index (χ0) is 10.2. The Balaban J connectivity index is 2.21. The van der Waals surface area contributed by atoms with Gasteiger partial charge >= 0.3 is 0 Å². The Kier molecular flexibility index (Phi) is 2.23. The van der Waals surface area contributed by atoms with Crippen molar-refractivity contribution in [3.63, 3.8) is 0 Å². The number of hydrogen-bond donors (Lipinski definition) is 1. The first-order valence-corrected chi connectivity index (χ1v) is 5.06. The maximum atomic E-state index is 9.82. The van der Waals surface area contributed by atoms with Crippen LogP contribution in [0.3, 0.4) is 0 Å². The molecule has 1 heterocycles. The van der Waals surface area contributed by atoms with E-state index in [1.165, 1.54) is 6.42 Å². The van der Waals surface area contributed by atoms with Crippen molar-refractivity contribution in [1.29, 1.82) is 0 Å². The molecule has 1 atom stereocenters. The van der Waals surface area contributed by atoms with Crippen LogP contribution in [0.2, 0.25) is 0 Å². The van der Waals surface area contributed by atoms with Gasteiger partial charge in [0.15, 0.2) is 0 Å². The maximum Gasteiger partial charge on any atom is 0.125 e. The quantitative estimate of drug-likeness (QED) is 0.691. The van der Waals surface area contributed by atoms with Crippen LogP contribution < -0.4 is 0 Å². The second-order valence-electron chi connectivity index (χ2n) is 4.15. The van der Waals surface area contributed by atoms with Crippen molar-refractivity contribution in [2.24, 2.45) is 0 Å². The molecule has 0 aromatic heterocycles. The van der Waals surface area contributed by atoms with Gasteiger partial charge in [0.1, 0.15) is 11.4 Å². The molecule has 76 valence electrons. The lowest BCUT2D eigenvalue weighted by molar-refractivity contribution is -0.104. The average Bonchev–Trinajstić information content (AvgIpc) is 2.10. The van der Waals surface area contributed by atoms with Crippen molar-refractivity contribution in [3.05, 3.63) is 36.6 Å². The molecule has 1 unspecified atom stereocenters. The first kappa shape index (κ1) is 9.53. The summed E-state index contributed by atoms with van der Waals surface area (Å²) >= 11 is 0. The summed E-state index contributed by atoms with van der Waals surface area (Å²) in [4.78, 5) is 0. The summed E-state index contributed by atoms with van der Waals surface area (Å²) in [5.41, 5.74) is 0.581. The summed E-state index contributed by atoms with van der Waals surface area (Å²) < 4.78 is 5.86. The first-order chi connectivity index (χ1) is 6.67. The number of allylic oxidation sites excluding steroid dienone is 2. The largest absolute Gasteiger partial charge is 0.487 e. The lowest BCUT2D eigenvalue weighted by atomic mass is 9.73. The highest BCUT2D eigenvalue weighted by Gasteiger charge is 2.45. The van der Waals surface area contributed by atoms with Gasteiger partial charge in [-0.05, 0) is 25.3 Å². The van der Waals surface area contributed by atoms with Crippen molar-refractivity contribution < 1.29 is 9.84 Å². The lowest BCUT2D eigenvalue weighted by Crippen LogP contribution is -2.47. The number of aliphatic hydroxyl groups excluding tert-OH is 1. The number of rotatable bonds is 1. The van der Waals surface area contributed by atoms with Crippen LogP contribution in [0.5, 0.6) is 0 Å². The standard InChI is InChI=1S/C12H16O2/c1-3-5-11-9(2)10(13)8-12(14-11)6-4-7-12/h3,5,10,13H,1-2,4,6-8H2/b11-5+. The van der Waals surface area contributed by atoms with Crippen LogP contribution in [0.4, 0.5) is 0 Å². The smallest absolute Gasteiger partial charge is 0.125 e. The summed E-state index contributed by atoms with van der Waals surface area (Å²) in [6, 6.07) is 0. The molecule has 0 amide bonds. The maximum absolute atomic E-state index is 9.82. The van der Waals surface area contributed by atoms with E-state index in [9.17, 15) is 5.11 Å². The number of hydrogen-bond acceptors (Lipinski definition) is 2. The van der Waals surface area contributed by atoms with E-state index in [2.05, 4.69) is 13.2 Å². The van der Waals surface area contributed by atoms with Crippen LogP contribution in [0.1, 0.15) is 25.7 Å². The molecule has 2 rings (SSSR count). The number of ether oxygens (including phenoxy) is 1. The van der Waals surface area contributed by atoms with Crippen LogP contribution >= 0.6 is 0 Å². The molecular weight excluding hydrogens is 176 g/mol. The highest BCUT2D eigenvalue weighted by Crippen LogP contribution is 2.46. The van der Waals surface area contributed by atoms with Crippen molar-refractivity contribution in [2.45, 2.75) is 37.4 Å². The van der Waals surface area contributed by atoms with Gasteiger partial charge in [-0.3, -0.25) is 0 Å². The van der Waals surface area contributed by atoms with E-state index in [-0.39, 0.29) is 5.60 Å². The van der Waals surface area contributed by atoms with Gasteiger partial charge in [0, 0.05) is 12.0 Å². The van der Waals surface area contributed by atoms with E-state index in [0.717, 1.165) is 12.8 Å². The third-order valence-electron chi connectivity index (χ3n) is 3.14. The van der Waals surface area contributed by atoms with Gasteiger partial charge in [0.05, 0.1) is 6.10 Å². The SMILES string of the molecule is C=C/C=C1/OC2(CCC2)CC(O)C1=C. The topological polar surface area (TPSA) is 29.5 Å². The Morgan fingerprint density at radius 2 is 2.21 bits per heavy atom. The number of aliphatic hydroxyl groups is 1. The molecule has 0 aromatic rings. The van der Waals surface area contributed by atoms with Gasteiger partial charge in [0.25, 0.3) is 0 Å². The molecule has 0 bridgehead atoms. The van der Waals surface area contributed by atoms with Crippen LogP contribution in [0, 0.1) is 0 Å². The molecule has 1 N–H and O–H groups in total. The van der Waals surface area contributed by atoms with E-state index in [0.29, 0.717) is 17.8 Å². The van der Waals surface area contributed by atoms with Crippen molar-refractivity contribution in [1.82, 2.24) is 0 Å². The molecule has 0 aromatic carbocycles. The first-order valence-electron chi connectivity index (χ1n) is 5.06. The molecule has 1 aliphatic heterocycles. The second kappa shape index (κ2) is 3.28. The highest BCUT2D eigenvalue weighted by molar-refractivity contribution is 5.33. The van der Waals surface area contributed by atoms with Gasteiger partial charge in [-0.25, -0.2) is 0 Å². The third-order valence-corrected chi connectivity index (χ3v) is 3.14. The molecule has 2 aliphatic rings. The van der Waals surface area contributed by atoms with Crippen LogP contribution in [-0.2, 0) is 4.74 Å². The summed E-state index contributed by atoms with van der Waals surface area (Å²) in [6.07, 6.45) is 6.99. The molecule has 2 heteroatoms. The Hall–Kier alpha value is -1.02. The monoisotopic (exact) mass is 192 g/mol. The fourth-order valence-corrected chi connectivity index (χ4v) is 2.11. The van der Waals surface area contributed by atoms with Gasteiger partial charge < -0.3 is 9.84 Å². The molecule has 1 saturated heterocycles. The zero-order valence-corrected chi connectivity index (χ0v) is 8.33. The Morgan fingerprint density at radius 3 is 2.71 bits per heavy atom. The second-order valence-corrected chi connectivity index (χ2v) is 4.15. The van der Waals surface area contributed by atoms with E-state index in [1.807, 2.05) is 0 Å². The molecular formula is C12H16O2. The Morgan fingerprint density at radius 1 is 1.50 bits per heavy atom. The molecule has 1 spiro atoms. The van der Waals surface area contributed by atoms with E-state index < -0.39 is 6.10 Å². The summed E-state index contributed by atoms with van der Waals surface area (Å²) in [5, 5.41) is 9.82. The molecule has 2 nitrogen and oxygen atoms in total. The summed E-state index contributed by atoms with van der Waals surface area (Å²) in [7, 11) is 0. The molecule has 2 fully saturated rings. The van der Waals surface area contributed by atoms with Crippen LogP contribution in [0.25, 0.3) is 0 Å². The Bertz CT molecular complexity index is 297. The molecule has 1 aliphatic carbocycles. The minimum atomic E-state index is -0.449. The van der Waals surface area contributed by atoms with Gasteiger partial charge in [0.2, 0.25) is 0 Å².